The Labute approximate surface area is 111 Å². The maximum atomic E-state index is 6.20. The van der Waals surface area contributed by atoms with Gasteiger partial charge >= 0.3 is 9.04 Å². The Bertz CT molecular complexity index is 441. The van der Waals surface area contributed by atoms with Crippen molar-refractivity contribution in [3.63, 3.8) is 0 Å². The van der Waals surface area contributed by atoms with E-state index in [1.807, 2.05) is 30.3 Å². The average molecular weight is 255 g/mol. The second kappa shape index (κ2) is 7.02. The predicted molar refractivity (Wildman–Crippen MR) is 78.6 cm³/mol. The molecule has 0 atom stereocenters. The predicted octanol–water partition coefficient (Wildman–Crippen LogP) is 3.76. The quantitative estimate of drug-likeness (QED) is 0.714. The van der Waals surface area contributed by atoms with Crippen LogP contribution in [0.25, 0.3) is 0 Å². The van der Waals surface area contributed by atoms with E-state index in [4.69, 9.17) is 4.43 Å². The maximum Gasteiger partial charge on any atom is 0.316 e. The number of hydrogen-bond donors (Lipinski definition) is 0. The topological polar surface area (TPSA) is 9.23 Å². The molecule has 2 rings (SSSR count). The van der Waals surface area contributed by atoms with Crippen LogP contribution in [0.3, 0.4) is 0 Å². The minimum Gasteiger partial charge on any atom is -0.537 e. The number of para-hydroxylation sites is 1. The molecule has 2 heteroatoms. The monoisotopic (exact) mass is 255 g/mol. The van der Waals surface area contributed by atoms with Crippen LogP contribution in [0, 0.1) is 0 Å². The fourth-order valence-corrected chi connectivity index (χ4v) is 4.01. The summed E-state index contributed by atoms with van der Waals surface area (Å²) in [5.74, 6) is 0.992. The van der Waals surface area contributed by atoms with Gasteiger partial charge in [0.2, 0.25) is 0 Å². The summed E-state index contributed by atoms with van der Waals surface area (Å²) in [4.78, 5) is 0. The van der Waals surface area contributed by atoms with Crippen LogP contribution in [0.4, 0.5) is 0 Å². The molecule has 0 aliphatic rings. The largest absolute Gasteiger partial charge is 0.537 e. The summed E-state index contributed by atoms with van der Waals surface area (Å²) in [7, 11) is -0.937. The number of rotatable bonds is 6. The van der Waals surface area contributed by atoms with Crippen LogP contribution in [0.2, 0.25) is 6.04 Å². The van der Waals surface area contributed by atoms with Crippen LogP contribution < -0.4 is 9.61 Å². The van der Waals surface area contributed by atoms with Crippen molar-refractivity contribution in [2.24, 2.45) is 0 Å². The summed E-state index contributed by atoms with van der Waals surface area (Å²) in [6.45, 7) is 2.23. The summed E-state index contributed by atoms with van der Waals surface area (Å²) in [5, 5.41) is 1.36. The van der Waals surface area contributed by atoms with Crippen molar-refractivity contribution in [1.29, 1.82) is 0 Å². The number of unbranched alkanes of at least 4 members (excludes halogenated alkanes) is 1. The lowest BCUT2D eigenvalue weighted by Crippen LogP contribution is -2.36. The van der Waals surface area contributed by atoms with Gasteiger partial charge in [0, 0.05) is 0 Å². The molecule has 2 aromatic carbocycles. The van der Waals surface area contributed by atoms with Crippen molar-refractivity contribution < 1.29 is 4.43 Å². The van der Waals surface area contributed by atoms with Gasteiger partial charge in [-0.2, -0.15) is 0 Å². The average Bonchev–Trinajstić information content (AvgIpc) is 2.45. The van der Waals surface area contributed by atoms with Gasteiger partial charge in [0.15, 0.2) is 0 Å². The third kappa shape index (κ3) is 3.74. The first-order chi connectivity index (χ1) is 8.90. The first-order valence-corrected chi connectivity index (χ1v) is 8.16. The Hall–Kier alpha value is -1.54. The van der Waals surface area contributed by atoms with E-state index in [1.54, 1.807) is 0 Å². The zero-order valence-electron chi connectivity index (χ0n) is 10.8. The van der Waals surface area contributed by atoms with Crippen LogP contribution >= 0.6 is 0 Å². The van der Waals surface area contributed by atoms with Crippen LogP contribution in [0.5, 0.6) is 5.75 Å². The highest BCUT2D eigenvalue weighted by atomic mass is 28.3. The fourth-order valence-electron chi connectivity index (χ4n) is 1.85. The summed E-state index contributed by atoms with van der Waals surface area (Å²) >= 11 is 0. The summed E-state index contributed by atoms with van der Waals surface area (Å²) in [6.07, 6.45) is 2.45. The van der Waals surface area contributed by atoms with E-state index >= 15 is 0 Å². The second-order valence-corrected chi connectivity index (χ2v) is 6.44. The van der Waals surface area contributed by atoms with E-state index < -0.39 is 9.04 Å². The molecular weight excluding hydrogens is 236 g/mol. The molecule has 0 aromatic heterocycles. The minimum atomic E-state index is -0.937. The lowest BCUT2D eigenvalue weighted by atomic mass is 10.3. The number of hydrogen-bond acceptors (Lipinski definition) is 1. The molecule has 0 bridgehead atoms. The van der Waals surface area contributed by atoms with Crippen molar-refractivity contribution >= 4 is 14.2 Å². The van der Waals surface area contributed by atoms with E-state index in [0.29, 0.717) is 0 Å². The van der Waals surface area contributed by atoms with Gasteiger partial charge in [0.1, 0.15) is 5.75 Å². The second-order valence-electron chi connectivity index (χ2n) is 4.31. The normalized spacial score (nSPS) is 10.6. The molecule has 0 heterocycles. The van der Waals surface area contributed by atoms with E-state index in [2.05, 4.69) is 37.3 Å². The first-order valence-electron chi connectivity index (χ1n) is 6.54. The van der Waals surface area contributed by atoms with Crippen molar-refractivity contribution in [3.8, 4) is 5.75 Å². The van der Waals surface area contributed by atoms with Gasteiger partial charge in [-0.1, -0.05) is 68.3 Å². The lowest BCUT2D eigenvalue weighted by Gasteiger charge is -2.16. The van der Waals surface area contributed by atoms with Gasteiger partial charge < -0.3 is 4.43 Å². The minimum absolute atomic E-state index is 0.937. The molecule has 0 aliphatic heterocycles. The molecule has 18 heavy (non-hydrogen) atoms. The molecule has 0 amide bonds. The highest BCUT2D eigenvalue weighted by Gasteiger charge is 2.17. The molecule has 0 fully saturated rings. The molecule has 0 saturated carbocycles. The van der Waals surface area contributed by atoms with Crippen LogP contribution in [-0.2, 0) is 0 Å². The molecule has 0 spiro atoms. The summed E-state index contributed by atoms with van der Waals surface area (Å²) < 4.78 is 6.20. The Morgan fingerprint density at radius 2 is 1.50 bits per heavy atom. The number of benzene rings is 2. The van der Waals surface area contributed by atoms with E-state index in [-0.39, 0.29) is 0 Å². The third-order valence-corrected chi connectivity index (χ3v) is 5.10. The van der Waals surface area contributed by atoms with Crippen molar-refractivity contribution in [3.05, 3.63) is 60.7 Å². The fraction of sp³-hybridized carbons (Fsp3) is 0.250. The Morgan fingerprint density at radius 3 is 2.11 bits per heavy atom. The van der Waals surface area contributed by atoms with Gasteiger partial charge in [0.25, 0.3) is 0 Å². The maximum absolute atomic E-state index is 6.20. The molecule has 0 aliphatic carbocycles. The van der Waals surface area contributed by atoms with Gasteiger partial charge in [-0.3, -0.25) is 0 Å². The van der Waals surface area contributed by atoms with Crippen LogP contribution in [-0.4, -0.2) is 9.04 Å². The Morgan fingerprint density at radius 1 is 0.889 bits per heavy atom. The summed E-state index contributed by atoms with van der Waals surface area (Å²) in [6, 6.07) is 22.0. The molecule has 0 N–H and O–H groups in total. The van der Waals surface area contributed by atoms with Crippen molar-refractivity contribution in [1.82, 2.24) is 0 Å². The zero-order chi connectivity index (χ0) is 12.6. The standard InChI is InChI=1S/C16H19OSi/c1-2-3-14-18(16-12-8-5-9-13-16)17-15-10-6-4-7-11-15/h4-13H,2-3,14H2,1H3. The molecular formula is C16H19OSi. The van der Waals surface area contributed by atoms with Gasteiger partial charge in [-0.25, -0.2) is 0 Å². The molecule has 0 unspecified atom stereocenters. The van der Waals surface area contributed by atoms with Crippen molar-refractivity contribution in [2.75, 3.05) is 0 Å². The van der Waals surface area contributed by atoms with Gasteiger partial charge in [0.05, 0.1) is 0 Å². The van der Waals surface area contributed by atoms with E-state index in [1.165, 1.54) is 24.1 Å². The van der Waals surface area contributed by atoms with Crippen LogP contribution in [0.1, 0.15) is 19.8 Å². The zero-order valence-corrected chi connectivity index (χ0v) is 11.8. The highest BCUT2D eigenvalue weighted by Crippen LogP contribution is 2.13. The smallest absolute Gasteiger partial charge is 0.316 e. The van der Waals surface area contributed by atoms with E-state index in [9.17, 15) is 0 Å². The van der Waals surface area contributed by atoms with Gasteiger partial charge in [-0.05, 0) is 23.4 Å². The molecule has 2 aromatic rings. The Kier molecular flexibility index (Phi) is 5.03. The van der Waals surface area contributed by atoms with Crippen LogP contribution in [0.15, 0.2) is 60.7 Å². The lowest BCUT2D eigenvalue weighted by molar-refractivity contribution is 0.573. The van der Waals surface area contributed by atoms with Gasteiger partial charge in [-0.15, -0.1) is 0 Å². The molecule has 1 radical (unpaired) electrons. The van der Waals surface area contributed by atoms with E-state index in [0.717, 1.165) is 5.75 Å². The summed E-state index contributed by atoms with van der Waals surface area (Å²) in [5.41, 5.74) is 0. The molecule has 0 saturated heterocycles. The molecule has 1 nitrogen and oxygen atoms in total. The third-order valence-electron chi connectivity index (χ3n) is 2.84. The first kappa shape index (κ1) is 12.9. The molecule has 93 valence electrons. The SMILES string of the molecule is CCCC[Si](Oc1ccccc1)c1ccccc1. The van der Waals surface area contributed by atoms with Crippen molar-refractivity contribution in [2.45, 2.75) is 25.8 Å². The highest BCUT2D eigenvalue weighted by molar-refractivity contribution is 6.68. The Balaban J connectivity index is 2.10.